The van der Waals surface area contributed by atoms with Crippen molar-refractivity contribution in [3.05, 3.63) is 23.8 Å². The Hall–Kier alpha value is -5.83. The van der Waals surface area contributed by atoms with Crippen LogP contribution in [0.1, 0.15) is 65.7 Å². The van der Waals surface area contributed by atoms with Crippen molar-refractivity contribution in [3.63, 3.8) is 0 Å². The number of carbonyl (C=O) groups excluding carboxylic acids is 9. The quantitative estimate of drug-likeness (QED) is 0.132. The van der Waals surface area contributed by atoms with Crippen LogP contribution in [0, 0.1) is 0 Å². The molecular formula is C35H42O21. The van der Waals surface area contributed by atoms with Gasteiger partial charge in [0.25, 0.3) is 0 Å². The van der Waals surface area contributed by atoms with Gasteiger partial charge in [-0.05, 0) is 18.2 Å². The molecule has 0 aromatic heterocycles. The number of hydrogen-bond acceptors (Lipinski definition) is 21. The number of hydrogen-bond donors (Lipinski definition) is 0. The molecule has 1 aromatic rings. The van der Waals surface area contributed by atoms with Gasteiger partial charge in [-0.15, -0.1) is 0 Å². The van der Waals surface area contributed by atoms with E-state index in [1.807, 2.05) is 0 Å². The fourth-order valence-electron chi connectivity index (χ4n) is 5.60. The van der Waals surface area contributed by atoms with Gasteiger partial charge in [-0.25, -0.2) is 0 Å². The van der Waals surface area contributed by atoms with E-state index in [2.05, 4.69) is 0 Å². The Balaban J connectivity index is 2.17. The van der Waals surface area contributed by atoms with Gasteiger partial charge < -0.3 is 56.8 Å². The van der Waals surface area contributed by atoms with Crippen molar-refractivity contribution in [1.29, 1.82) is 0 Å². The number of ether oxygens (including phenoxy) is 12. The molecule has 2 saturated heterocycles. The molecule has 2 aliphatic heterocycles. The van der Waals surface area contributed by atoms with Crippen LogP contribution >= 0.6 is 0 Å². The number of rotatable bonds is 15. The minimum absolute atomic E-state index is 0.0143. The maximum Gasteiger partial charge on any atom is 0.303 e. The Morgan fingerprint density at radius 3 is 1.16 bits per heavy atom. The fourth-order valence-corrected chi connectivity index (χ4v) is 5.60. The molecule has 0 radical (unpaired) electrons. The standard InChI is InChI=1S/C35H42O21/c1-15(37)45-13-26-28(47-17(3)39)30(49-19(5)41)32(51-21(7)43)34(55-26)53-24-10-9-23(12-36)11-25(24)54-35-33(52-22(8)44)31(50-20(6)42)29(48-18(4)40)27(56-35)14-46-16(2)38/h9-12,26-35H,13-14H2,1-8H3/t26-,27+,28-,29+,30+,31-,32-,33-,34-,35+/m0/s1. The van der Waals surface area contributed by atoms with E-state index in [9.17, 15) is 43.2 Å². The molecule has 0 N–H and O–H groups in total. The van der Waals surface area contributed by atoms with Crippen LogP contribution in [0.2, 0.25) is 0 Å². The summed E-state index contributed by atoms with van der Waals surface area (Å²) in [6.45, 7) is 7.19. The van der Waals surface area contributed by atoms with Crippen LogP contribution in [0.3, 0.4) is 0 Å². The van der Waals surface area contributed by atoms with Crippen molar-refractivity contribution >= 4 is 54.0 Å². The van der Waals surface area contributed by atoms with Crippen molar-refractivity contribution in [2.24, 2.45) is 0 Å². The van der Waals surface area contributed by atoms with E-state index >= 15 is 0 Å². The summed E-state index contributed by atoms with van der Waals surface area (Å²) in [6, 6.07) is 3.62. The second-order valence-electron chi connectivity index (χ2n) is 12.2. The van der Waals surface area contributed by atoms with Crippen molar-refractivity contribution in [2.75, 3.05) is 13.2 Å². The molecule has 308 valence electrons. The molecule has 10 atom stereocenters. The third kappa shape index (κ3) is 12.9. The minimum Gasteiger partial charge on any atom is -0.463 e. The topological polar surface area (TPSA) is 264 Å². The molecule has 56 heavy (non-hydrogen) atoms. The van der Waals surface area contributed by atoms with Crippen LogP contribution in [0.25, 0.3) is 0 Å². The van der Waals surface area contributed by atoms with Crippen LogP contribution in [-0.2, 0) is 85.7 Å². The third-order valence-corrected chi connectivity index (χ3v) is 7.49. The van der Waals surface area contributed by atoms with E-state index in [-0.39, 0.29) is 17.1 Å². The Labute approximate surface area is 319 Å². The summed E-state index contributed by atoms with van der Waals surface area (Å²) < 4.78 is 67.0. The molecule has 3 rings (SSSR count). The lowest BCUT2D eigenvalue weighted by molar-refractivity contribution is -0.292. The summed E-state index contributed by atoms with van der Waals surface area (Å²) in [6.07, 6.45) is -15.6. The Morgan fingerprint density at radius 2 is 0.821 bits per heavy atom. The van der Waals surface area contributed by atoms with Gasteiger partial charge in [0.05, 0.1) is 0 Å². The second kappa shape index (κ2) is 20.2. The van der Waals surface area contributed by atoms with Crippen molar-refractivity contribution in [2.45, 2.75) is 117 Å². The van der Waals surface area contributed by atoms with E-state index in [0.29, 0.717) is 6.29 Å². The number of aldehydes is 1. The van der Waals surface area contributed by atoms with Gasteiger partial charge in [0.15, 0.2) is 35.9 Å². The zero-order valence-electron chi connectivity index (χ0n) is 31.6. The van der Waals surface area contributed by atoms with Gasteiger partial charge in [-0.3, -0.25) is 43.2 Å². The molecule has 0 aliphatic carbocycles. The molecule has 1 aromatic carbocycles. The first kappa shape index (κ1) is 44.6. The Bertz CT molecular complexity index is 1660. The molecule has 2 fully saturated rings. The average Bonchev–Trinajstić information content (AvgIpc) is 3.07. The molecule has 0 bridgehead atoms. The van der Waals surface area contributed by atoms with Gasteiger partial charge >= 0.3 is 47.8 Å². The van der Waals surface area contributed by atoms with Gasteiger partial charge in [0, 0.05) is 61.0 Å². The number of carbonyl (C=O) groups is 9. The molecule has 21 nitrogen and oxygen atoms in total. The summed E-state index contributed by atoms with van der Waals surface area (Å²) >= 11 is 0. The second-order valence-corrected chi connectivity index (χ2v) is 12.2. The lowest BCUT2D eigenvalue weighted by atomic mass is 9.98. The fraction of sp³-hybridized carbons (Fsp3) is 0.571. The predicted octanol–water partition coefficient (Wildman–Crippen LogP) is 0.423. The lowest BCUT2D eigenvalue weighted by Crippen LogP contribution is -2.64. The Kier molecular flexibility index (Phi) is 16.1. The highest BCUT2D eigenvalue weighted by Gasteiger charge is 2.55. The van der Waals surface area contributed by atoms with Crippen molar-refractivity contribution < 1.29 is 100.0 Å². The molecule has 0 unspecified atom stereocenters. The SMILES string of the molecule is CC(=O)OC[C@@H]1O[C@H](Oc2ccc(C=O)cc2O[C@@H]2O[C@H](COC(C)=O)[C@@H](OC(C)=O)[C@H](OC(C)=O)[C@@H]2OC(C)=O)[C@@H](OC(C)=O)[C@H](OC(C)=O)[C@H]1OC(C)=O. The van der Waals surface area contributed by atoms with E-state index < -0.39 is 122 Å². The molecule has 21 heteroatoms. The van der Waals surface area contributed by atoms with Gasteiger partial charge in [-0.1, -0.05) is 0 Å². The summed E-state index contributed by atoms with van der Waals surface area (Å²) in [4.78, 5) is 109. The van der Waals surface area contributed by atoms with Crippen molar-refractivity contribution in [1.82, 2.24) is 0 Å². The predicted molar refractivity (Wildman–Crippen MR) is 177 cm³/mol. The molecule has 0 amide bonds. The number of benzene rings is 1. The summed E-state index contributed by atoms with van der Waals surface area (Å²) in [5, 5.41) is 0. The van der Waals surface area contributed by atoms with Crippen LogP contribution in [-0.4, -0.2) is 129 Å². The maximum atomic E-state index is 12.4. The van der Waals surface area contributed by atoms with Gasteiger partial charge in [0.1, 0.15) is 31.7 Å². The molecular weight excluding hydrogens is 756 g/mol. The smallest absolute Gasteiger partial charge is 0.303 e. The van der Waals surface area contributed by atoms with Crippen LogP contribution in [0.15, 0.2) is 18.2 Å². The van der Waals surface area contributed by atoms with E-state index in [0.717, 1.165) is 61.5 Å². The highest BCUT2D eigenvalue weighted by molar-refractivity contribution is 5.76. The first-order valence-electron chi connectivity index (χ1n) is 16.8. The average molecular weight is 799 g/mol. The highest BCUT2D eigenvalue weighted by Crippen LogP contribution is 2.38. The van der Waals surface area contributed by atoms with Crippen LogP contribution < -0.4 is 9.47 Å². The van der Waals surface area contributed by atoms with E-state index in [1.165, 1.54) is 12.1 Å². The minimum atomic E-state index is -1.80. The summed E-state index contributed by atoms with van der Waals surface area (Å²) in [7, 11) is 0. The normalized spacial score (nSPS) is 26.9. The maximum absolute atomic E-state index is 12.4. The third-order valence-electron chi connectivity index (χ3n) is 7.49. The van der Waals surface area contributed by atoms with Crippen molar-refractivity contribution in [3.8, 4) is 11.5 Å². The number of esters is 8. The van der Waals surface area contributed by atoms with Crippen LogP contribution in [0.4, 0.5) is 0 Å². The molecule has 0 spiro atoms. The van der Waals surface area contributed by atoms with E-state index in [1.54, 1.807) is 0 Å². The zero-order valence-corrected chi connectivity index (χ0v) is 31.6. The zero-order chi connectivity index (χ0) is 41.9. The molecule has 0 saturated carbocycles. The first-order valence-corrected chi connectivity index (χ1v) is 16.8. The monoisotopic (exact) mass is 798 g/mol. The first-order chi connectivity index (χ1) is 26.3. The van der Waals surface area contributed by atoms with Crippen LogP contribution in [0.5, 0.6) is 11.5 Å². The largest absolute Gasteiger partial charge is 0.463 e. The van der Waals surface area contributed by atoms with Gasteiger partial charge in [0.2, 0.25) is 24.8 Å². The lowest BCUT2D eigenvalue weighted by Gasteiger charge is -2.44. The molecule has 2 aliphatic rings. The Morgan fingerprint density at radius 1 is 0.482 bits per heavy atom. The summed E-state index contributed by atoms with van der Waals surface area (Å²) in [5.41, 5.74) is -0.0143. The summed E-state index contributed by atoms with van der Waals surface area (Å²) in [5.74, 6) is -7.59. The highest BCUT2D eigenvalue weighted by atomic mass is 16.8. The van der Waals surface area contributed by atoms with Gasteiger partial charge in [-0.2, -0.15) is 0 Å². The molecule has 2 heterocycles. The van der Waals surface area contributed by atoms with E-state index in [4.69, 9.17) is 56.8 Å².